The van der Waals surface area contributed by atoms with Gasteiger partial charge in [-0.15, -0.1) is 0 Å². The van der Waals surface area contributed by atoms with Crippen LogP contribution in [0, 0.1) is 0 Å². The monoisotopic (exact) mass is 317 g/mol. The fourth-order valence-corrected chi connectivity index (χ4v) is 2.61. The summed E-state index contributed by atoms with van der Waals surface area (Å²) in [6.07, 6.45) is 12.2. The topological polar surface area (TPSA) is 52.6 Å². The Kier molecular flexibility index (Phi) is 18.8. The quantitative estimate of drug-likeness (QED) is 0.361. The first-order valence-corrected chi connectivity index (χ1v) is 8.99. The molecule has 0 N–H and O–H groups in total. The van der Waals surface area contributed by atoms with Crippen LogP contribution >= 0.6 is 0 Å². The molecule has 0 spiro atoms. The number of hydrogen-bond donors (Lipinski definition) is 0. The largest absolute Gasteiger partial charge is 0.399 e. The summed E-state index contributed by atoms with van der Waals surface area (Å²) in [7, 11) is -3.74. The van der Waals surface area contributed by atoms with Crippen molar-refractivity contribution < 1.29 is 16.8 Å². The molecule has 117 valence electrons. The molecule has 0 saturated heterocycles. The van der Waals surface area contributed by atoms with Gasteiger partial charge in [-0.1, -0.05) is 64.7 Å². The Balaban J connectivity index is 0. The van der Waals surface area contributed by atoms with Gasteiger partial charge in [0, 0.05) is 29.6 Å². The first-order chi connectivity index (χ1) is 9.12. The third-order valence-corrected chi connectivity index (χ3v) is 3.97. The molecule has 0 heterocycles. The van der Waals surface area contributed by atoms with Crippen LogP contribution in [0.2, 0.25) is 0 Å². The van der Waals surface area contributed by atoms with E-state index in [1.54, 1.807) is 6.92 Å². The van der Waals surface area contributed by atoms with E-state index >= 15 is 0 Å². The molecule has 0 aliphatic heterocycles. The van der Waals surface area contributed by atoms with E-state index in [4.69, 9.17) is 4.18 Å². The van der Waals surface area contributed by atoms with E-state index in [9.17, 15) is 8.42 Å². The Morgan fingerprint density at radius 3 is 1.60 bits per heavy atom. The second-order valence-electron chi connectivity index (χ2n) is 4.82. The predicted molar refractivity (Wildman–Crippen MR) is 84.1 cm³/mol. The Morgan fingerprint density at radius 2 is 1.15 bits per heavy atom. The Hall–Kier alpha value is 0.870. The van der Waals surface area contributed by atoms with E-state index in [1.807, 2.05) is 0 Å². The average Bonchev–Trinajstić information content (AvgIpc) is 2.36. The molecule has 20 heavy (non-hydrogen) atoms. The third-order valence-electron chi connectivity index (χ3n) is 2.99. The van der Waals surface area contributed by atoms with E-state index in [-0.39, 0.29) is 42.8 Å². The van der Waals surface area contributed by atoms with E-state index in [2.05, 4.69) is 11.1 Å². The van der Waals surface area contributed by atoms with Crippen LogP contribution in [0.4, 0.5) is 0 Å². The fraction of sp³-hybridized carbons (Fsp3) is 1.00. The summed E-state index contributed by atoms with van der Waals surface area (Å²) in [6, 6.07) is 0. The zero-order valence-corrected chi connectivity index (χ0v) is 16.3. The van der Waals surface area contributed by atoms with Gasteiger partial charge in [-0.25, -0.2) is 8.37 Å². The average molecular weight is 317 g/mol. The van der Waals surface area contributed by atoms with E-state index < -0.39 is 10.4 Å². The predicted octanol–water partition coefficient (Wildman–Crippen LogP) is 3.82. The zero-order valence-electron chi connectivity index (χ0n) is 13.5. The van der Waals surface area contributed by atoms with Crippen LogP contribution < -0.4 is 0 Å². The molecule has 0 fully saturated rings. The normalized spacial score (nSPS) is 11.3. The van der Waals surface area contributed by atoms with E-state index in [0.717, 1.165) is 19.3 Å². The summed E-state index contributed by atoms with van der Waals surface area (Å²) < 4.78 is 31.3. The maximum atomic E-state index is 11.0. The van der Waals surface area contributed by atoms with Gasteiger partial charge in [-0.3, -0.25) is 0 Å². The Bertz CT molecular complexity index is 281. The number of rotatable bonds is 14. The molecule has 0 aliphatic carbocycles. The summed E-state index contributed by atoms with van der Waals surface area (Å²) in [6.45, 7) is 4.22. The maximum absolute atomic E-state index is 11.0. The Morgan fingerprint density at radius 1 is 0.700 bits per heavy atom. The van der Waals surface area contributed by atoms with Crippen molar-refractivity contribution in [2.24, 2.45) is 0 Å². The number of hydrogen-bond acceptors (Lipinski definition) is 4. The van der Waals surface area contributed by atoms with Crippen molar-refractivity contribution in [2.45, 2.75) is 78.1 Å². The molecule has 0 atom stereocenters. The summed E-state index contributed by atoms with van der Waals surface area (Å²) in [5, 5.41) is 0. The minimum atomic E-state index is -3.74. The Labute approximate surface area is 147 Å². The molecule has 4 nitrogen and oxygen atoms in total. The SMILES string of the molecule is CCCCCCCCCCCCOS(=O)(=O)OCC.[Na]. The van der Waals surface area contributed by atoms with Crippen LogP contribution in [0.5, 0.6) is 0 Å². The van der Waals surface area contributed by atoms with Gasteiger partial charge in [0.1, 0.15) is 0 Å². The molecular formula is C14H30NaO4S. The fourth-order valence-electron chi connectivity index (χ4n) is 1.93. The summed E-state index contributed by atoms with van der Waals surface area (Å²) in [5.41, 5.74) is 0. The minimum absolute atomic E-state index is 0. The van der Waals surface area contributed by atoms with Crippen LogP contribution in [0.25, 0.3) is 0 Å². The molecule has 6 heteroatoms. The number of unbranched alkanes of at least 4 members (excludes halogenated alkanes) is 9. The standard InChI is InChI=1S/C14H30O4S.Na/c1-3-5-6-7-8-9-10-11-12-13-14-18-19(15,16)17-4-2;/h3-14H2,1-2H3;. The van der Waals surface area contributed by atoms with Crippen LogP contribution in [0.1, 0.15) is 78.1 Å². The van der Waals surface area contributed by atoms with Crippen molar-refractivity contribution in [3.05, 3.63) is 0 Å². The zero-order chi connectivity index (χ0) is 14.4. The van der Waals surface area contributed by atoms with Crippen molar-refractivity contribution >= 4 is 40.0 Å². The van der Waals surface area contributed by atoms with Crippen LogP contribution in [-0.2, 0) is 18.8 Å². The second kappa shape index (κ2) is 16.2. The van der Waals surface area contributed by atoms with Gasteiger partial charge >= 0.3 is 10.4 Å². The van der Waals surface area contributed by atoms with Crippen molar-refractivity contribution in [2.75, 3.05) is 13.2 Å². The molecule has 0 bridgehead atoms. The molecule has 0 aliphatic rings. The van der Waals surface area contributed by atoms with Gasteiger partial charge in [-0.05, 0) is 13.3 Å². The van der Waals surface area contributed by atoms with Crippen LogP contribution in [-0.4, -0.2) is 51.2 Å². The second-order valence-corrected chi connectivity index (χ2v) is 6.11. The molecule has 0 aromatic carbocycles. The molecule has 0 unspecified atom stereocenters. The van der Waals surface area contributed by atoms with Crippen molar-refractivity contribution in [3.63, 3.8) is 0 Å². The first-order valence-electron chi connectivity index (χ1n) is 7.66. The van der Waals surface area contributed by atoms with Gasteiger partial charge in [-0.2, -0.15) is 8.42 Å². The van der Waals surface area contributed by atoms with Crippen molar-refractivity contribution in [1.29, 1.82) is 0 Å². The van der Waals surface area contributed by atoms with E-state index in [1.165, 1.54) is 44.9 Å². The summed E-state index contributed by atoms with van der Waals surface area (Å²) in [4.78, 5) is 0. The molecule has 0 aromatic heterocycles. The van der Waals surface area contributed by atoms with Gasteiger partial charge < -0.3 is 0 Å². The molecule has 0 aromatic rings. The third kappa shape index (κ3) is 16.9. The van der Waals surface area contributed by atoms with E-state index in [0.29, 0.717) is 0 Å². The molecule has 0 rings (SSSR count). The van der Waals surface area contributed by atoms with Gasteiger partial charge in [0.25, 0.3) is 0 Å². The minimum Gasteiger partial charge on any atom is -0.248 e. The molecule has 0 saturated carbocycles. The summed E-state index contributed by atoms with van der Waals surface area (Å²) in [5.74, 6) is 0. The summed E-state index contributed by atoms with van der Waals surface area (Å²) >= 11 is 0. The maximum Gasteiger partial charge on any atom is 0.399 e. The van der Waals surface area contributed by atoms with Gasteiger partial charge in [0.15, 0.2) is 0 Å². The smallest absolute Gasteiger partial charge is 0.248 e. The van der Waals surface area contributed by atoms with Crippen LogP contribution in [0.3, 0.4) is 0 Å². The molecular weight excluding hydrogens is 287 g/mol. The van der Waals surface area contributed by atoms with Crippen molar-refractivity contribution in [3.8, 4) is 0 Å². The molecule has 1 radical (unpaired) electrons. The first kappa shape index (κ1) is 23.1. The van der Waals surface area contributed by atoms with Crippen LogP contribution in [0.15, 0.2) is 0 Å². The molecule has 0 amide bonds. The van der Waals surface area contributed by atoms with Gasteiger partial charge in [0.05, 0.1) is 13.2 Å². The van der Waals surface area contributed by atoms with Gasteiger partial charge in [0.2, 0.25) is 0 Å². The van der Waals surface area contributed by atoms with Crippen molar-refractivity contribution in [1.82, 2.24) is 0 Å².